The topological polar surface area (TPSA) is 46.6 Å². The van der Waals surface area contributed by atoms with Crippen LogP contribution in [0.3, 0.4) is 0 Å². The smallest absolute Gasteiger partial charge is 0.334 e. The van der Waals surface area contributed by atoms with E-state index in [9.17, 15) is 9.59 Å². The van der Waals surface area contributed by atoms with Crippen molar-refractivity contribution >= 4 is 38.9 Å². The number of halogens is 1. The lowest BCUT2D eigenvalue weighted by atomic mass is 9.82. The molecule has 3 aliphatic heterocycles. The highest BCUT2D eigenvalue weighted by Crippen LogP contribution is 2.39. The van der Waals surface area contributed by atoms with Crippen LogP contribution < -0.4 is 17.3 Å². The molecular weight excluding hydrogens is 528 g/mol. The zero-order valence-corrected chi connectivity index (χ0v) is 23.6. The van der Waals surface area contributed by atoms with Crippen LogP contribution in [0.2, 0.25) is 0 Å². The number of benzene rings is 3. The lowest BCUT2D eigenvalue weighted by molar-refractivity contribution is -0.938. The average molecular weight is 561 g/mol. The molecule has 2 atom stereocenters. The fourth-order valence-corrected chi connectivity index (χ4v) is 7.31. The fraction of sp³-hybridized carbons (Fsp3) is 0.312. The number of piperidine rings is 3. The van der Waals surface area contributed by atoms with E-state index < -0.39 is 6.04 Å². The number of fused-ring (bicyclic) bond motifs is 4. The van der Waals surface area contributed by atoms with Crippen molar-refractivity contribution in [3.05, 3.63) is 101 Å². The van der Waals surface area contributed by atoms with Crippen molar-refractivity contribution in [3.8, 4) is 0 Å². The summed E-state index contributed by atoms with van der Waals surface area (Å²) in [7, 11) is 1.97. The van der Waals surface area contributed by atoms with Gasteiger partial charge in [-0.2, -0.15) is 0 Å². The molecule has 7 heteroatoms. The van der Waals surface area contributed by atoms with Crippen LogP contribution in [-0.4, -0.2) is 55.6 Å². The van der Waals surface area contributed by atoms with Gasteiger partial charge >= 0.3 is 5.97 Å². The molecule has 1 unspecified atom stereocenters. The molecule has 0 saturated carbocycles. The number of quaternary nitrogens is 1. The van der Waals surface area contributed by atoms with Crippen molar-refractivity contribution in [1.82, 2.24) is 0 Å². The van der Waals surface area contributed by atoms with Crippen molar-refractivity contribution in [2.24, 2.45) is 5.92 Å². The summed E-state index contributed by atoms with van der Waals surface area (Å²) in [6.07, 6.45) is 1.80. The Hall–Kier alpha value is -3.19. The number of ether oxygens (including phenoxy) is 1. The Morgan fingerprint density at radius 3 is 2.31 bits per heavy atom. The van der Waals surface area contributed by atoms with Crippen LogP contribution in [0.5, 0.6) is 0 Å². The van der Waals surface area contributed by atoms with Gasteiger partial charge < -0.3 is 26.5 Å². The second-order valence-electron chi connectivity index (χ2n) is 10.8. The van der Waals surface area contributed by atoms with Gasteiger partial charge in [0.15, 0.2) is 12.1 Å². The van der Waals surface area contributed by atoms with Gasteiger partial charge in [-0.1, -0.05) is 66.7 Å². The average Bonchev–Trinajstić information content (AvgIpc) is 3.38. The maximum absolute atomic E-state index is 14.1. The second-order valence-corrected chi connectivity index (χ2v) is 11.7. The molecule has 3 saturated heterocycles. The number of carbonyl (C=O) groups is 2. The van der Waals surface area contributed by atoms with Crippen LogP contribution in [-0.2, 0) is 9.53 Å². The Morgan fingerprint density at radius 2 is 1.59 bits per heavy atom. The van der Waals surface area contributed by atoms with Gasteiger partial charge in [0, 0.05) is 47.3 Å². The van der Waals surface area contributed by atoms with E-state index in [1.165, 1.54) is 0 Å². The quantitative estimate of drug-likeness (QED) is 0.189. The zero-order valence-electron chi connectivity index (χ0n) is 22.0. The molecule has 0 amide bonds. The molecule has 0 spiro atoms. The van der Waals surface area contributed by atoms with Crippen LogP contribution in [0, 0.1) is 5.92 Å². The normalized spacial score (nSPS) is 22.6. The molecule has 0 N–H and O–H groups in total. The fourth-order valence-electron chi connectivity index (χ4n) is 6.33. The summed E-state index contributed by atoms with van der Waals surface area (Å²) in [6, 6.07) is 27.3. The minimum Gasteiger partial charge on any atom is -1.00 e. The molecule has 202 valence electrons. The summed E-state index contributed by atoms with van der Waals surface area (Å²) >= 11 is 1.66. The van der Waals surface area contributed by atoms with Gasteiger partial charge in [0.05, 0.1) is 13.1 Å². The van der Waals surface area contributed by atoms with Crippen LogP contribution in [0.25, 0.3) is 10.1 Å². The Morgan fingerprint density at radius 1 is 0.949 bits per heavy atom. The van der Waals surface area contributed by atoms with Crippen molar-refractivity contribution in [3.63, 3.8) is 0 Å². The van der Waals surface area contributed by atoms with E-state index in [2.05, 4.69) is 17.5 Å². The van der Waals surface area contributed by atoms with Crippen LogP contribution >= 0.6 is 11.3 Å². The highest BCUT2D eigenvalue weighted by molar-refractivity contribution is 7.17. The lowest BCUT2D eigenvalue weighted by Gasteiger charge is -2.51. The third kappa shape index (κ3) is 5.46. The number of esters is 1. The SMILES string of the molecule is CN(c1ccccc1)C(C(=O)O[C@H]1C[N+]2(CC(=O)c3ccccc3)CCC1CC2)c1csc2ccccc12.[Cl-]. The van der Waals surface area contributed by atoms with Gasteiger partial charge in [-0.25, -0.2) is 4.79 Å². The molecule has 4 aromatic rings. The van der Waals surface area contributed by atoms with Gasteiger partial charge in [0.1, 0.15) is 13.1 Å². The van der Waals surface area contributed by atoms with Crippen molar-refractivity contribution in [1.29, 1.82) is 0 Å². The highest BCUT2D eigenvalue weighted by atomic mass is 35.5. The van der Waals surface area contributed by atoms with E-state index in [4.69, 9.17) is 4.74 Å². The van der Waals surface area contributed by atoms with Crippen molar-refractivity contribution in [2.45, 2.75) is 25.0 Å². The van der Waals surface area contributed by atoms with Crippen molar-refractivity contribution in [2.75, 3.05) is 38.1 Å². The van der Waals surface area contributed by atoms with E-state index in [0.29, 0.717) is 23.5 Å². The maximum atomic E-state index is 14.1. The first-order valence-corrected chi connectivity index (χ1v) is 14.3. The monoisotopic (exact) mass is 560 g/mol. The van der Waals surface area contributed by atoms with Crippen LogP contribution in [0.15, 0.2) is 90.3 Å². The predicted molar refractivity (Wildman–Crippen MR) is 153 cm³/mol. The van der Waals surface area contributed by atoms with Gasteiger partial charge in [0.25, 0.3) is 0 Å². The first-order valence-electron chi connectivity index (χ1n) is 13.4. The summed E-state index contributed by atoms with van der Waals surface area (Å²) < 4.78 is 8.28. The first kappa shape index (κ1) is 27.4. The summed E-state index contributed by atoms with van der Waals surface area (Å²) in [6.45, 7) is 3.12. The van der Waals surface area contributed by atoms with Crippen LogP contribution in [0.1, 0.15) is 34.8 Å². The van der Waals surface area contributed by atoms with Crippen LogP contribution in [0.4, 0.5) is 5.69 Å². The summed E-state index contributed by atoms with van der Waals surface area (Å²) in [5.74, 6) is 0.307. The molecule has 0 radical (unpaired) electrons. The molecule has 3 aromatic carbocycles. The largest absolute Gasteiger partial charge is 1.00 e. The Labute approximate surface area is 240 Å². The van der Waals surface area contributed by atoms with Gasteiger partial charge in [-0.05, 0) is 29.0 Å². The van der Waals surface area contributed by atoms with E-state index in [-0.39, 0.29) is 30.3 Å². The first-order chi connectivity index (χ1) is 18.5. The standard InChI is InChI=1S/C32H33N2O3S.ClH/c1-33(25-12-6-3-7-13-25)31(27-22-38-30-15-9-8-14-26(27)30)32(36)37-29-21-34(18-16-24(29)17-19-34)20-28(35)23-10-4-2-5-11-23;/h2-15,22,24,29,31H,16-21H2,1H3;1H/q+1;/p-1/t24?,29-,31?,34?;/m0./s1. The number of likely N-dealkylation sites (N-methyl/N-ethyl adjacent to an activating group) is 1. The summed E-state index contributed by atoms with van der Waals surface area (Å²) in [5.41, 5.74) is 2.71. The molecular formula is C32H33ClN2O3S. The molecule has 3 aliphatic rings. The minimum atomic E-state index is -0.552. The lowest BCUT2D eigenvalue weighted by Crippen LogP contribution is -3.00. The molecule has 7 rings (SSSR count). The van der Waals surface area contributed by atoms with E-state index in [0.717, 1.165) is 52.8 Å². The number of hydrogen-bond donors (Lipinski definition) is 0. The molecule has 39 heavy (non-hydrogen) atoms. The highest BCUT2D eigenvalue weighted by Gasteiger charge is 2.49. The van der Waals surface area contributed by atoms with E-state index in [1.807, 2.05) is 84.7 Å². The number of hydrogen-bond acceptors (Lipinski definition) is 5. The Bertz CT molecular complexity index is 1430. The summed E-state index contributed by atoms with van der Waals surface area (Å²) in [5, 5.41) is 3.19. The van der Waals surface area contributed by atoms with Gasteiger partial charge in [0.2, 0.25) is 5.78 Å². The number of para-hydroxylation sites is 1. The number of ketones is 1. The second kappa shape index (κ2) is 11.5. The number of Topliss-reactive ketones (excluding diaryl/α,β-unsaturated/α-hetero) is 1. The zero-order chi connectivity index (χ0) is 26.1. The summed E-state index contributed by atoms with van der Waals surface area (Å²) in [4.78, 5) is 29.2. The molecule has 5 nitrogen and oxygen atoms in total. The Balaban J connectivity index is 0.00000308. The molecule has 3 fully saturated rings. The molecule has 2 bridgehead atoms. The number of carbonyl (C=O) groups excluding carboxylic acids is 2. The Kier molecular flexibility index (Phi) is 8.08. The number of anilines is 1. The van der Waals surface area contributed by atoms with E-state index >= 15 is 0 Å². The molecule has 1 aromatic heterocycles. The third-order valence-electron chi connectivity index (χ3n) is 8.46. The van der Waals surface area contributed by atoms with Gasteiger partial charge in [-0.15, -0.1) is 11.3 Å². The maximum Gasteiger partial charge on any atom is 0.334 e. The van der Waals surface area contributed by atoms with Crippen molar-refractivity contribution < 1.29 is 31.2 Å². The van der Waals surface area contributed by atoms with E-state index in [1.54, 1.807) is 11.3 Å². The third-order valence-corrected chi connectivity index (χ3v) is 9.45. The molecule has 0 aliphatic carbocycles. The van der Waals surface area contributed by atoms with Gasteiger partial charge in [-0.3, -0.25) is 4.79 Å². The minimum absolute atomic E-state index is 0. The predicted octanol–water partition coefficient (Wildman–Crippen LogP) is 3.12. The number of thiophene rings is 1. The number of rotatable bonds is 8. The number of nitrogens with zero attached hydrogens (tertiary/aromatic N) is 2. The molecule has 4 heterocycles.